The van der Waals surface area contributed by atoms with E-state index < -0.39 is 10.0 Å². The Morgan fingerprint density at radius 1 is 1.07 bits per heavy atom. The number of anilines is 1. The summed E-state index contributed by atoms with van der Waals surface area (Å²) in [5.74, 6) is -0.147. The first kappa shape index (κ1) is 18.5. The predicted octanol–water partition coefficient (Wildman–Crippen LogP) is 4.91. The molecule has 0 spiro atoms. The fourth-order valence-corrected chi connectivity index (χ4v) is 4.42. The number of halogens is 1. The molecule has 0 unspecified atom stereocenters. The van der Waals surface area contributed by atoms with E-state index in [-0.39, 0.29) is 5.75 Å². The summed E-state index contributed by atoms with van der Waals surface area (Å²) in [6.07, 6.45) is 3.88. The van der Waals surface area contributed by atoms with E-state index in [0.717, 1.165) is 22.5 Å². The number of nitrogens with one attached hydrogen (secondary N) is 1. The van der Waals surface area contributed by atoms with Gasteiger partial charge in [0, 0.05) is 28.7 Å². The summed E-state index contributed by atoms with van der Waals surface area (Å²) < 4.78 is 29.6. The number of hydrogen-bond acceptors (Lipinski definition) is 3. The highest BCUT2D eigenvalue weighted by atomic mass is 35.5. The van der Waals surface area contributed by atoms with Crippen LogP contribution in [0.15, 0.2) is 73.1 Å². The van der Waals surface area contributed by atoms with Crippen LogP contribution in [-0.2, 0) is 15.8 Å². The van der Waals surface area contributed by atoms with Crippen molar-refractivity contribution in [3.8, 4) is 11.3 Å². The Balaban J connectivity index is 1.59. The Kier molecular flexibility index (Phi) is 4.83. The lowest BCUT2D eigenvalue weighted by atomic mass is 10.1. The molecule has 142 valence electrons. The second-order valence-corrected chi connectivity index (χ2v) is 8.83. The lowest BCUT2D eigenvalue weighted by molar-refractivity contribution is 0.600. The number of sulfonamides is 1. The number of rotatable bonds is 5. The highest BCUT2D eigenvalue weighted by Gasteiger charge is 2.13. The maximum Gasteiger partial charge on any atom is 0.236 e. The number of nitrogens with zero attached hydrogens (tertiary/aromatic N) is 2. The molecule has 0 fully saturated rings. The smallest absolute Gasteiger partial charge is 0.236 e. The van der Waals surface area contributed by atoms with Gasteiger partial charge in [0.2, 0.25) is 10.0 Å². The van der Waals surface area contributed by atoms with Gasteiger partial charge >= 0.3 is 0 Å². The van der Waals surface area contributed by atoms with E-state index in [0.29, 0.717) is 16.3 Å². The van der Waals surface area contributed by atoms with Crippen LogP contribution in [0.4, 0.5) is 5.69 Å². The third-order valence-electron chi connectivity index (χ3n) is 4.29. The molecule has 0 bridgehead atoms. The van der Waals surface area contributed by atoms with Crippen LogP contribution >= 0.6 is 11.6 Å². The van der Waals surface area contributed by atoms with Gasteiger partial charge in [-0.1, -0.05) is 35.9 Å². The zero-order valence-corrected chi connectivity index (χ0v) is 16.7. The number of pyridine rings is 1. The van der Waals surface area contributed by atoms with Gasteiger partial charge in [-0.25, -0.2) is 13.4 Å². The molecule has 4 rings (SSSR count). The minimum Gasteiger partial charge on any atom is -0.306 e. The van der Waals surface area contributed by atoms with Crippen molar-refractivity contribution >= 4 is 33.0 Å². The predicted molar refractivity (Wildman–Crippen MR) is 113 cm³/mol. The highest BCUT2D eigenvalue weighted by Crippen LogP contribution is 2.24. The van der Waals surface area contributed by atoms with Crippen molar-refractivity contribution in [1.29, 1.82) is 0 Å². The molecule has 0 saturated carbocycles. The first-order chi connectivity index (χ1) is 13.4. The minimum atomic E-state index is -3.57. The normalized spacial score (nSPS) is 11.6. The second-order valence-electron chi connectivity index (χ2n) is 6.67. The summed E-state index contributed by atoms with van der Waals surface area (Å²) in [5, 5.41) is 0.511. The number of imidazole rings is 1. The largest absolute Gasteiger partial charge is 0.306 e. The van der Waals surface area contributed by atoms with Crippen LogP contribution in [0.5, 0.6) is 0 Å². The molecule has 0 atom stereocenters. The topological polar surface area (TPSA) is 63.5 Å². The van der Waals surface area contributed by atoms with Crippen LogP contribution in [0.2, 0.25) is 5.02 Å². The molecule has 0 saturated heterocycles. The van der Waals surface area contributed by atoms with Crippen LogP contribution in [0.25, 0.3) is 16.9 Å². The highest BCUT2D eigenvalue weighted by molar-refractivity contribution is 7.91. The van der Waals surface area contributed by atoms with Crippen molar-refractivity contribution in [3.05, 3.63) is 89.2 Å². The number of aromatic nitrogens is 2. The third kappa shape index (κ3) is 4.18. The Morgan fingerprint density at radius 2 is 1.89 bits per heavy atom. The van der Waals surface area contributed by atoms with Crippen LogP contribution in [0.3, 0.4) is 0 Å². The molecule has 0 aliphatic rings. The lowest BCUT2D eigenvalue weighted by Gasteiger charge is -2.09. The van der Waals surface area contributed by atoms with E-state index in [1.54, 1.807) is 36.4 Å². The molecular weight excluding hydrogens is 394 g/mol. The summed E-state index contributed by atoms with van der Waals surface area (Å²) in [4.78, 5) is 4.63. The van der Waals surface area contributed by atoms with Crippen molar-refractivity contribution in [1.82, 2.24) is 9.38 Å². The van der Waals surface area contributed by atoms with Crippen LogP contribution in [0.1, 0.15) is 11.1 Å². The van der Waals surface area contributed by atoms with Gasteiger partial charge in [0.05, 0.1) is 11.4 Å². The summed E-state index contributed by atoms with van der Waals surface area (Å²) in [7, 11) is -3.57. The molecule has 1 N–H and O–H groups in total. The van der Waals surface area contributed by atoms with E-state index in [9.17, 15) is 8.42 Å². The van der Waals surface area contributed by atoms with Crippen molar-refractivity contribution in [3.63, 3.8) is 0 Å². The van der Waals surface area contributed by atoms with Gasteiger partial charge in [0.25, 0.3) is 0 Å². The SMILES string of the molecule is Cc1ccn2cc(-c3cccc(NS(=O)(=O)Cc4cccc(Cl)c4)c3)nc2c1. The third-order valence-corrected chi connectivity index (χ3v) is 5.79. The van der Waals surface area contributed by atoms with Crippen molar-refractivity contribution in [2.24, 2.45) is 0 Å². The summed E-state index contributed by atoms with van der Waals surface area (Å²) in [6, 6.07) is 18.1. The molecule has 7 heteroatoms. The van der Waals surface area contributed by atoms with Crippen molar-refractivity contribution in [2.75, 3.05) is 4.72 Å². The van der Waals surface area contributed by atoms with E-state index in [1.165, 1.54) is 0 Å². The molecule has 4 aromatic rings. The van der Waals surface area contributed by atoms with Gasteiger partial charge in [-0.15, -0.1) is 0 Å². The standard InChI is InChI=1S/C21H18ClN3O2S/c1-15-8-9-25-13-20(23-21(25)10-15)17-5-3-7-19(12-17)24-28(26,27)14-16-4-2-6-18(22)11-16/h2-13,24H,14H2,1H3. The average Bonchev–Trinajstić information content (AvgIpc) is 3.04. The van der Waals surface area contributed by atoms with Gasteiger partial charge in [-0.05, 0) is 54.4 Å². The average molecular weight is 412 g/mol. The molecular formula is C21H18ClN3O2S. The van der Waals surface area contributed by atoms with E-state index >= 15 is 0 Å². The molecule has 2 aromatic carbocycles. The maximum absolute atomic E-state index is 12.5. The van der Waals surface area contributed by atoms with Crippen LogP contribution in [0, 0.1) is 6.92 Å². The fraction of sp³-hybridized carbons (Fsp3) is 0.0952. The molecule has 5 nitrogen and oxygen atoms in total. The summed E-state index contributed by atoms with van der Waals surface area (Å²) in [5.41, 5.74) is 4.72. The maximum atomic E-state index is 12.5. The zero-order chi connectivity index (χ0) is 19.7. The van der Waals surface area contributed by atoms with Crippen molar-refractivity contribution in [2.45, 2.75) is 12.7 Å². The van der Waals surface area contributed by atoms with Gasteiger partial charge in [0.15, 0.2) is 0 Å². The van der Waals surface area contributed by atoms with Crippen LogP contribution < -0.4 is 4.72 Å². The number of aryl methyl sites for hydroxylation is 1. The molecule has 0 radical (unpaired) electrons. The molecule has 28 heavy (non-hydrogen) atoms. The zero-order valence-electron chi connectivity index (χ0n) is 15.1. The lowest BCUT2D eigenvalue weighted by Crippen LogP contribution is -2.15. The van der Waals surface area contributed by atoms with Gasteiger partial charge in [-0.2, -0.15) is 0 Å². The van der Waals surface area contributed by atoms with E-state index in [1.807, 2.05) is 48.0 Å². The first-order valence-corrected chi connectivity index (χ1v) is 10.7. The Hall–Kier alpha value is -2.83. The van der Waals surface area contributed by atoms with Gasteiger partial charge in [0.1, 0.15) is 5.65 Å². The Labute approximate surface area is 168 Å². The Bertz CT molecular complexity index is 1270. The molecule has 0 aliphatic heterocycles. The second kappa shape index (κ2) is 7.30. The number of fused-ring (bicyclic) bond motifs is 1. The van der Waals surface area contributed by atoms with Crippen molar-refractivity contribution < 1.29 is 8.42 Å². The number of hydrogen-bond donors (Lipinski definition) is 1. The molecule has 2 heterocycles. The van der Waals surface area contributed by atoms with Crippen LogP contribution in [-0.4, -0.2) is 17.8 Å². The van der Waals surface area contributed by atoms with Gasteiger partial charge < -0.3 is 4.40 Å². The van der Waals surface area contributed by atoms with E-state index in [4.69, 9.17) is 11.6 Å². The number of benzene rings is 2. The fourth-order valence-electron chi connectivity index (χ4n) is 3.03. The first-order valence-electron chi connectivity index (χ1n) is 8.69. The minimum absolute atomic E-state index is 0.147. The van der Waals surface area contributed by atoms with E-state index in [2.05, 4.69) is 9.71 Å². The van der Waals surface area contributed by atoms with Gasteiger partial charge in [-0.3, -0.25) is 4.72 Å². The monoisotopic (exact) mass is 411 g/mol. The Morgan fingerprint density at radius 3 is 2.71 bits per heavy atom. The quantitative estimate of drug-likeness (QED) is 0.507. The molecule has 0 aliphatic carbocycles. The molecule has 0 amide bonds. The summed E-state index contributed by atoms with van der Waals surface area (Å²) in [6.45, 7) is 2.02. The molecule has 2 aromatic heterocycles. The summed E-state index contributed by atoms with van der Waals surface area (Å²) >= 11 is 5.94.